The number of rotatable bonds is 1. The van der Waals surface area contributed by atoms with Gasteiger partial charge in [0.05, 0.1) is 16.9 Å². The number of carboxylic acids is 1. The Hall–Kier alpha value is -0.580. The molecule has 0 aromatic carbocycles. The summed E-state index contributed by atoms with van der Waals surface area (Å²) in [6.07, 6.45) is 1.65. The molecule has 0 amide bonds. The predicted octanol–water partition coefficient (Wildman–Crippen LogP) is 1.95. The second-order valence-corrected chi connectivity index (χ2v) is 8.89. The minimum absolute atomic E-state index is 0.0221. The van der Waals surface area contributed by atoms with E-state index in [2.05, 4.69) is 13.8 Å². The summed E-state index contributed by atoms with van der Waals surface area (Å²) in [7, 11) is -3.03. The van der Waals surface area contributed by atoms with Crippen molar-refractivity contribution in [3.05, 3.63) is 0 Å². The molecule has 1 aliphatic carbocycles. The molecule has 1 saturated heterocycles. The Morgan fingerprint density at radius 3 is 2.44 bits per heavy atom. The van der Waals surface area contributed by atoms with Crippen LogP contribution in [0.15, 0.2) is 0 Å². The molecule has 5 heteroatoms. The highest BCUT2D eigenvalue weighted by atomic mass is 32.2. The highest BCUT2D eigenvalue weighted by Gasteiger charge is 2.53. The van der Waals surface area contributed by atoms with Gasteiger partial charge in [-0.2, -0.15) is 0 Å². The van der Waals surface area contributed by atoms with Crippen molar-refractivity contribution in [1.29, 1.82) is 0 Å². The number of aliphatic carboxylic acids is 1. The smallest absolute Gasteiger partial charge is 0.306 e. The van der Waals surface area contributed by atoms with E-state index in [1.54, 1.807) is 0 Å². The third-order valence-electron chi connectivity index (χ3n) is 5.08. The van der Waals surface area contributed by atoms with Crippen LogP contribution in [0.25, 0.3) is 0 Å². The molecular weight excluding hydrogens is 252 g/mol. The maximum Gasteiger partial charge on any atom is 0.306 e. The maximum absolute atomic E-state index is 12.2. The van der Waals surface area contributed by atoms with Crippen molar-refractivity contribution >= 4 is 15.8 Å². The van der Waals surface area contributed by atoms with E-state index in [0.29, 0.717) is 19.3 Å². The van der Waals surface area contributed by atoms with Gasteiger partial charge < -0.3 is 5.11 Å². The topological polar surface area (TPSA) is 71.4 Å². The van der Waals surface area contributed by atoms with Crippen LogP contribution in [-0.4, -0.2) is 30.5 Å². The number of fused-ring (bicyclic) bond motifs is 1. The van der Waals surface area contributed by atoms with Crippen LogP contribution in [0.5, 0.6) is 0 Å². The number of hydrogen-bond acceptors (Lipinski definition) is 3. The molecule has 0 aromatic heterocycles. The molecule has 4 nitrogen and oxygen atoms in total. The molecule has 0 aromatic rings. The Bertz CT molecular complexity index is 452. The minimum Gasteiger partial charge on any atom is -0.481 e. The minimum atomic E-state index is -3.03. The van der Waals surface area contributed by atoms with Crippen LogP contribution in [0.1, 0.15) is 40.0 Å². The fourth-order valence-corrected chi connectivity index (χ4v) is 6.74. The summed E-state index contributed by atoms with van der Waals surface area (Å²) in [6, 6.07) is 0. The SMILES string of the molecule is CC1C(C(=O)O)CCC2C1C(C)(C)CCS2(=O)=O. The standard InChI is InChI=1S/C13H22O4S/c1-8-9(12(14)15)4-5-10-11(8)13(2,3)6-7-18(10,16)17/h8-11H,4-7H2,1-3H3,(H,14,15). The van der Waals surface area contributed by atoms with Crippen molar-refractivity contribution in [2.75, 3.05) is 5.75 Å². The molecule has 1 N–H and O–H groups in total. The summed E-state index contributed by atoms with van der Waals surface area (Å²) in [6.45, 7) is 6.08. The van der Waals surface area contributed by atoms with Gasteiger partial charge in [0.15, 0.2) is 9.84 Å². The monoisotopic (exact) mass is 274 g/mol. The lowest BCUT2D eigenvalue weighted by molar-refractivity contribution is -0.146. The lowest BCUT2D eigenvalue weighted by Crippen LogP contribution is -2.53. The first-order chi connectivity index (χ1) is 8.17. The predicted molar refractivity (Wildman–Crippen MR) is 69.0 cm³/mol. The Morgan fingerprint density at radius 1 is 1.28 bits per heavy atom. The summed E-state index contributed by atoms with van der Waals surface area (Å²) in [4.78, 5) is 11.3. The van der Waals surface area contributed by atoms with Crippen LogP contribution in [0.4, 0.5) is 0 Å². The van der Waals surface area contributed by atoms with Crippen molar-refractivity contribution < 1.29 is 18.3 Å². The first-order valence-electron chi connectivity index (χ1n) is 6.61. The van der Waals surface area contributed by atoms with E-state index in [1.165, 1.54) is 0 Å². The van der Waals surface area contributed by atoms with Gasteiger partial charge in [-0.05, 0) is 36.5 Å². The Balaban J connectivity index is 2.39. The number of sulfone groups is 1. The van der Waals surface area contributed by atoms with Gasteiger partial charge in [0.2, 0.25) is 0 Å². The average Bonchev–Trinajstić information content (AvgIpc) is 2.24. The van der Waals surface area contributed by atoms with Gasteiger partial charge in [-0.3, -0.25) is 4.79 Å². The van der Waals surface area contributed by atoms with Gasteiger partial charge in [0, 0.05) is 0 Å². The zero-order valence-corrected chi connectivity index (χ0v) is 12.0. The number of carbonyl (C=O) groups is 1. The molecule has 2 aliphatic rings. The fraction of sp³-hybridized carbons (Fsp3) is 0.923. The summed E-state index contributed by atoms with van der Waals surface area (Å²) in [5, 5.41) is 8.92. The molecule has 0 bridgehead atoms. The Morgan fingerprint density at radius 2 is 1.89 bits per heavy atom. The zero-order valence-electron chi connectivity index (χ0n) is 11.2. The third-order valence-corrected chi connectivity index (χ3v) is 7.30. The average molecular weight is 274 g/mol. The summed E-state index contributed by atoms with van der Waals surface area (Å²) in [5.74, 6) is -0.998. The van der Waals surface area contributed by atoms with Gasteiger partial charge >= 0.3 is 5.97 Å². The van der Waals surface area contributed by atoms with Crippen LogP contribution in [0.2, 0.25) is 0 Å². The number of hydrogen-bond donors (Lipinski definition) is 1. The van der Waals surface area contributed by atoms with E-state index in [0.717, 1.165) is 0 Å². The molecule has 0 spiro atoms. The highest BCUT2D eigenvalue weighted by Crippen LogP contribution is 2.51. The second kappa shape index (κ2) is 4.22. The van der Waals surface area contributed by atoms with Gasteiger partial charge in [0.25, 0.3) is 0 Å². The zero-order chi connectivity index (χ0) is 13.7. The van der Waals surface area contributed by atoms with E-state index in [1.807, 2.05) is 6.92 Å². The van der Waals surface area contributed by atoms with Crippen molar-refractivity contribution in [2.45, 2.75) is 45.3 Å². The van der Waals surface area contributed by atoms with E-state index in [9.17, 15) is 18.3 Å². The van der Waals surface area contributed by atoms with Crippen LogP contribution >= 0.6 is 0 Å². The summed E-state index contributed by atoms with van der Waals surface area (Å²) in [5.41, 5.74) is -0.0798. The molecule has 1 heterocycles. The highest BCUT2D eigenvalue weighted by molar-refractivity contribution is 7.92. The number of carboxylic acid groups (broad SMARTS) is 1. The first-order valence-corrected chi connectivity index (χ1v) is 8.33. The Labute approximate surface area is 109 Å². The van der Waals surface area contributed by atoms with Crippen molar-refractivity contribution in [2.24, 2.45) is 23.2 Å². The van der Waals surface area contributed by atoms with Crippen LogP contribution in [0.3, 0.4) is 0 Å². The van der Waals surface area contributed by atoms with Crippen LogP contribution in [-0.2, 0) is 14.6 Å². The quantitative estimate of drug-likeness (QED) is 0.793. The second-order valence-electron chi connectivity index (χ2n) is 6.55. The third kappa shape index (κ3) is 2.06. The Kier molecular flexibility index (Phi) is 3.24. The largest absolute Gasteiger partial charge is 0.481 e. The normalized spacial score (nSPS) is 41.9. The fourth-order valence-electron chi connectivity index (χ4n) is 4.06. The lowest BCUT2D eigenvalue weighted by atomic mass is 9.61. The molecule has 4 unspecified atom stereocenters. The lowest BCUT2D eigenvalue weighted by Gasteiger charge is -2.51. The van der Waals surface area contributed by atoms with Crippen LogP contribution < -0.4 is 0 Å². The van der Waals surface area contributed by atoms with E-state index in [4.69, 9.17) is 0 Å². The van der Waals surface area contributed by atoms with Gasteiger partial charge in [-0.25, -0.2) is 8.42 Å². The van der Waals surface area contributed by atoms with E-state index in [-0.39, 0.29) is 34.2 Å². The maximum atomic E-state index is 12.2. The van der Waals surface area contributed by atoms with Gasteiger partial charge in [0.1, 0.15) is 0 Å². The molecule has 104 valence electrons. The van der Waals surface area contributed by atoms with Crippen molar-refractivity contribution in [3.63, 3.8) is 0 Å². The van der Waals surface area contributed by atoms with Crippen molar-refractivity contribution in [3.8, 4) is 0 Å². The molecule has 1 saturated carbocycles. The van der Waals surface area contributed by atoms with Crippen LogP contribution in [0, 0.1) is 23.2 Å². The molecule has 4 atom stereocenters. The molecule has 0 radical (unpaired) electrons. The molecule has 18 heavy (non-hydrogen) atoms. The first kappa shape index (κ1) is 13.8. The molecule has 2 fully saturated rings. The summed E-state index contributed by atoms with van der Waals surface area (Å²) < 4.78 is 24.4. The van der Waals surface area contributed by atoms with Gasteiger partial charge in [-0.1, -0.05) is 20.8 Å². The van der Waals surface area contributed by atoms with Gasteiger partial charge in [-0.15, -0.1) is 0 Å². The summed E-state index contributed by atoms with van der Waals surface area (Å²) >= 11 is 0. The molecule has 1 aliphatic heterocycles. The molecular formula is C13H22O4S. The molecule has 2 rings (SSSR count). The van der Waals surface area contributed by atoms with Crippen molar-refractivity contribution in [1.82, 2.24) is 0 Å². The van der Waals surface area contributed by atoms with E-state index < -0.39 is 15.8 Å². The van der Waals surface area contributed by atoms with E-state index >= 15 is 0 Å².